The number of hydrogen-bond acceptors (Lipinski definition) is 5. The number of aliphatic hydroxyl groups excluding tert-OH is 3. The molecule has 0 heterocycles. The molecule has 0 aliphatic rings. The summed E-state index contributed by atoms with van der Waals surface area (Å²) >= 11 is 0. The maximum Gasteiger partial charge on any atom is 0.372 e. The Labute approximate surface area is 81.8 Å². The summed E-state index contributed by atoms with van der Waals surface area (Å²) in [6, 6.07) is 0. The number of carboxylic acid groups (broad SMARTS) is 1. The van der Waals surface area contributed by atoms with Crippen molar-refractivity contribution in [1.29, 1.82) is 0 Å². The van der Waals surface area contributed by atoms with Gasteiger partial charge in [-0.15, -0.1) is 0 Å². The molecule has 0 rings (SSSR count). The Morgan fingerprint density at radius 3 is 1.71 bits per heavy atom. The van der Waals surface area contributed by atoms with Gasteiger partial charge in [0.2, 0.25) is 5.78 Å². The second-order valence-corrected chi connectivity index (χ2v) is 2.50. The van der Waals surface area contributed by atoms with Crippen molar-refractivity contribution in [2.75, 3.05) is 13.2 Å². The number of carbonyl (C=O) groups is 2. The van der Waals surface area contributed by atoms with E-state index >= 15 is 0 Å². The first kappa shape index (κ1) is 15.5. The van der Waals surface area contributed by atoms with E-state index in [4.69, 9.17) is 20.4 Å². The van der Waals surface area contributed by atoms with Crippen molar-refractivity contribution >= 4 is 11.8 Å². The van der Waals surface area contributed by atoms with Gasteiger partial charge in [-0.3, -0.25) is 4.79 Å². The first-order chi connectivity index (χ1) is 6.49. The van der Waals surface area contributed by atoms with E-state index in [1.807, 2.05) is 0 Å². The molecule has 0 aliphatic carbocycles. The van der Waals surface area contributed by atoms with Crippen molar-refractivity contribution in [3.8, 4) is 0 Å². The molecule has 0 aromatic carbocycles. The summed E-state index contributed by atoms with van der Waals surface area (Å²) in [7, 11) is 0. The molecule has 0 amide bonds. The summed E-state index contributed by atoms with van der Waals surface area (Å²) in [4.78, 5) is 19.9. The summed E-state index contributed by atoms with van der Waals surface area (Å²) in [6.45, 7) is 1.04. The predicted octanol–water partition coefficient (Wildman–Crippen LogP) is -1.23. The van der Waals surface area contributed by atoms with Crippen molar-refractivity contribution in [3.05, 3.63) is 0 Å². The molecule has 0 fully saturated rings. The van der Waals surface area contributed by atoms with Crippen LogP contribution in [0, 0.1) is 0 Å². The van der Waals surface area contributed by atoms with E-state index in [1.54, 1.807) is 6.92 Å². The molecule has 0 spiro atoms. The number of carboxylic acids is 1. The van der Waals surface area contributed by atoms with Gasteiger partial charge in [-0.2, -0.15) is 0 Å². The molecule has 0 aromatic rings. The lowest BCUT2D eigenvalue weighted by atomic mass is 10.2. The van der Waals surface area contributed by atoms with Gasteiger partial charge in [0.25, 0.3) is 0 Å². The summed E-state index contributed by atoms with van der Waals surface area (Å²) in [5.41, 5.74) is 0. The van der Waals surface area contributed by atoms with E-state index < -0.39 is 17.9 Å². The smallest absolute Gasteiger partial charge is 0.372 e. The lowest BCUT2D eigenvalue weighted by Gasteiger charge is -1.96. The average Bonchev–Trinajstić information content (AvgIpc) is 2.18. The van der Waals surface area contributed by atoms with Crippen LogP contribution >= 0.6 is 0 Å². The van der Waals surface area contributed by atoms with Crippen molar-refractivity contribution in [3.63, 3.8) is 0 Å². The lowest BCUT2D eigenvalue weighted by Crippen LogP contribution is -2.15. The van der Waals surface area contributed by atoms with Crippen LogP contribution in [0.4, 0.5) is 0 Å². The minimum atomic E-state index is -1.33. The fraction of sp³-hybridized carbons (Fsp3) is 0.750. The summed E-state index contributed by atoms with van der Waals surface area (Å²) < 4.78 is 0. The van der Waals surface area contributed by atoms with Crippen LogP contribution in [0.5, 0.6) is 0 Å². The minimum absolute atomic E-state index is 0.148. The molecule has 6 nitrogen and oxygen atoms in total. The third kappa shape index (κ3) is 11.0. The maximum absolute atomic E-state index is 10.1. The molecule has 0 saturated carbocycles. The molecule has 0 bridgehead atoms. The van der Waals surface area contributed by atoms with E-state index in [9.17, 15) is 9.59 Å². The van der Waals surface area contributed by atoms with Crippen LogP contribution in [-0.4, -0.2) is 51.5 Å². The van der Waals surface area contributed by atoms with Gasteiger partial charge < -0.3 is 20.4 Å². The molecule has 6 heteroatoms. The molecule has 84 valence electrons. The Morgan fingerprint density at radius 2 is 1.64 bits per heavy atom. The molecule has 0 radical (unpaired) electrons. The normalized spacial score (nSPS) is 9.21. The fourth-order valence-corrected chi connectivity index (χ4v) is 0.392. The average molecular weight is 208 g/mol. The number of rotatable bonds is 5. The standard InChI is InChI=1S/C5H8O3.C3H8O3/c1-2-3-4(6)5(7)8;4-1-3(6)2-5/h2-3H2,1H3,(H,7,8);3-6H,1-2H2. The number of Topliss-reactive ketones (excluding diaryl/α,β-unsaturated/α-hetero) is 1. The van der Waals surface area contributed by atoms with Crippen LogP contribution in [0.1, 0.15) is 19.8 Å². The number of aliphatic carboxylic acids is 1. The van der Waals surface area contributed by atoms with Gasteiger partial charge in [0, 0.05) is 6.42 Å². The Morgan fingerprint density at radius 1 is 1.21 bits per heavy atom. The van der Waals surface area contributed by atoms with E-state index in [0.29, 0.717) is 6.42 Å². The predicted molar refractivity (Wildman–Crippen MR) is 47.7 cm³/mol. The van der Waals surface area contributed by atoms with Crippen LogP contribution in [0.2, 0.25) is 0 Å². The van der Waals surface area contributed by atoms with Gasteiger partial charge in [0.1, 0.15) is 6.10 Å². The second kappa shape index (κ2) is 10.1. The minimum Gasteiger partial charge on any atom is -0.476 e. The largest absolute Gasteiger partial charge is 0.476 e. The fourth-order valence-electron chi connectivity index (χ4n) is 0.392. The molecule has 0 atom stereocenters. The highest BCUT2D eigenvalue weighted by Gasteiger charge is 2.07. The molecule has 0 saturated heterocycles. The summed E-state index contributed by atoms with van der Waals surface area (Å²) in [5, 5.41) is 32.0. The first-order valence-electron chi connectivity index (χ1n) is 4.15. The highest BCUT2D eigenvalue weighted by Crippen LogP contribution is 1.87. The number of hydrogen-bond donors (Lipinski definition) is 4. The van der Waals surface area contributed by atoms with Crippen molar-refractivity contribution in [2.24, 2.45) is 0 Å². The van der Waals surface area contributed by atoms with Crippen LogP contribution in [0.3, 0.4) is 0 Å². The first-order valence-corrected chi connectivity index (χ1v) is 4.15. The highest BCUT2D eigenvalue weighted by molar-refractivity contribution is 6.32. The molecule has 4 N–H and O–H groups in total. The third-order valence-electron chi connectivity index (χ3n) is 1.14. The van der Waals surface area contributed by atoms with Crippen LogP contribution in [-0.2, 0) is 9.59 Å². The van der Waals surface area contributed by atoms with Crippen LogP contribution in [0.25, 0.3) is 0 Å². The Balaban J connectivity index is 0. The molecular formula is C8H16O6. The molecule has 14 heavy (non-hydrogen) atoms. The topological polar surface area (TPSA) is 115 Å². The van der Waals surface area contributed by atoms with Crippen LogP contribution < -0.4 is 0 Å². The lowest BCUT2D eigenvalue weighted by molar-refractivity contribution is -0.149. The van der Waals surface area contributed by atoms with Gasteiger partial charge in [0.15, 0.2) is 0 Å². The van der Waals surface area contributed by atoms with Crippen molar-refractivity contribution in [1.82, 2.24) is 0 Å². The SMILES string of the molecule is CCCC(=O)C(=O)O.OCC(O)CO. The van der Waals surface area contributed by atoms with Crippen molar-refractivity contribution in [2.45, 2.75) is 25.9 Å². The highest BCUT2D eigenvalue weighted by atomic mass is 16.4. The number of carbonyl (C=O) groups excluding carboxylic acids is 1. The van der Waals surface area contributed by atoms with Gasteiger partial charge in [-0.05, 0) is 6.42 Å². The van der Waals surface area contributed by atoms with Gasteiger partial charge in [-0.25, -0.2) is 4.79 Å². The van der Waals surface area contributed by atoms with E-state index in [2.05, 4.69) is 0 Å². The van der Waals surface area contributed by atoms with Crippen LogP contribution in [0.15, 0.2) is 0 Å². The quantitative estimate of drug-likeness (QED) is 0.421. The molecule has 0 unspecified atom stereocenters. The van der Waals surface area contributed by atoms with Gasteiger partial charge in [0.05, 0.1) is 13.2 Å². The molecule has 0 aromatic heterocycles. The van der Waals surface area contributed by atoms with Gasteiger partial charge >= 0.3 is 5.97 Å². The number of aliphatic hydroxyl groups is 3. The third-order valence-corrected chi connectivity index (χ3v) is 1.14. The number of ketones is 1. The monoisotopic (exact) mass is 208 g/mol. The summed E-state index contributed by atoms with van der Waals surface area (Å²) in [5.74, 6) is -2.03. The summed E-state index contributed by atoms with van der Waals surface area (Å²) in [6.07, 6.45) is -0.203. The Hall–Kier alpha value is -0.980. The van der Waals surface area contributed by atoms with Crippen molar-refractivity contribution < 1.29 is 30.0 Å². The van der Waals surface area contributed by atoms with E-state index in [0.717, 1.165) is 0 Å². The second-order valence-electron chi connectivity index (χ2n) is 2.50. The van der Waals surface area contributed by atoms with Gasteiger partial charge in [-0.1, -0.05) is 6.92 Å². The Bertz CT molecular complexity index is 163. The molecule has 0 aliphatic heterocycles. The zero-order valence-electron chi connectivity index (χ0n) is 8.01. The Kier molecular flexibility index (Phi) is 11.2. The zero-order valence-corrected chi connectivity index (χ0v) is 8.01. The zero-order chi connectivity index (χ0) is 11.6. The molecular weight excluding hydrogens is 192 g/mol. The maximum atomic E-state index is 10.1. The van der Waals surface area contributed by atoms with E-state index in [-0.39, 0.29) is 19.6 Å². The van der Waals surface area contributed by atoms with E-state index in [1.165, 1.54) is 0 Å².